The third-order valence-electron chi connectivity index (χ3n) is 7.35. The molecule has 0 aliphatic carbocycles. The predicted molar refractivity (Wildman–Crippen MR) is 152 cm³/mol. The molecule has 0 spiro atoms. The minimum Gasteiger partial charge on any atom is -0.350 e. The van der Waals surface area contributed by atoms with E-state index in [1.165, 1.54) is 0 Å². The number of hydrogen-bond donors (Lipinski definition) is 4. The number of benzene rings is 1. The fraction of sp³-hybridized carbons (Fsp3) is 0.567. The van der Waals surface area contributed by atoms with Gasteiger partial charge in [0.05, 0.1) is 12.0 Å². The lowest BCUT2D eigenvalue weighted by molar-refractivity contribution is -0.201. The summed E-state index contributed by atoms with van der Waals surface area (Å²) in [5.41, 5.74) is 11.9. The molecule has 6 N–H and O–H groups in total. The lowest BCUT2D eigenvalue weighted by atomic mass is 9.68. The van der Waals surface area contributed by atoms with Crippen molar-refractivity contribution >= 4 is 23.7 Å². The highest BCUT2D eigenvalue weighted by Crippen LogP contribution is 2.39. The van der Waals surface area contributed by atoms with Gasteiger partial charge in [-0.15, -0.1) is 0 Å². The van der Waals surface area contributed by atoms with E-state index in [2.05, 4.69) is 10.9 Å². The number of Topliss-reactive ketones (excluding diaryl/α,β-unsaturated/α-hetero) is 1. The summed E-state index contributed by atoms with van der Waals surface area (Å²) in [7, 11) is 0. The number of ether oxygens (including phenoxy) is 1. The summed E-state index contributed by atoms with van der Waals surface area (Å²) in [6, 6.07) is 8.89. The van der Waals surface area contributed by atoms with Crippen LogP contribution in [0.15, 0.2) is 47.6 Å². The van der Waals surface area contributed by atoms with E-state index in [1.807, 2.05) is 63.3 Å². The average molecular weight is 543 g/mol. The second-order valence-electron chi connectivity index (χ2n) is 10.3. The van der Waals surface area contributed by atoms with Gasteiger partial charge >= 0.3 is 0 Å². The van der Waals surface area contributed by atoms with Crippen LogP contribution in [0.4, 0.5) is 0 Å². The summed E-state index contributed by atoms with van der Waals surface area (Å²) in [6.07, 6.45) is 7.76. The van der Waals surface area contributed by atoms with Crippen molar-refractivity contribution in [1.29, 1.82) is 0 Å². The van der Waals surface area contributed by atoms with Gasteiger partial charge in [0.15, 0.2) is 12.1 Å². The SMILES string of the molecule is CCC[C@](C/C(=C(/C)CC)[C@H](CC=Cc1ccccc1)C(=O)NOC1CCCCO1)(C(=O)NN)C(=O)[C@@H](C)N. The molecular formula is C30H46N4O5. The van der Waals surface area contributed by atoms with Gasteiger partial charge in [-0.1, -0.05) is 73.9 Å². The van der Waals surface area contributed by atoms with Gasteiger partial charge < -0.3 is 10.5 Å². The lowest BCUT2D eigenvalue weighted by Crippen LogP contribution is -2.54. The van der Waals surface area contributed by atoms with Crippen molar-refractivity contribution in [2.45, 2.75) is 91.4 Å². The second-order valence-corrected chi connectivity index (χ2v) is 10.3. The predicted octanol–water partition coefficient (Wildman–Crippen LogP) is 4.09. The summed E-state index contributed by atoms with van der Waals surface area (Å²) in [6.45, 7) is 7.95. The van der Waals surface area contributed by atoms with Gasteiger partial charge in [-0.2, -0.15) is 0 Å². The third-order valence-corrected chi connectivity index (χ3v) is 7.35. The molecule has 1 unspecified atom stereocenters. The molecule has 2 rings (SSSR count). The minimum absolute atomic E-state index is 0.0289. The van der Waals surface area contributed by atoms with E-state index >= 15 is 0 Å². The first kappa shape index (κ1) is 32.4. The van der Waals surface area contributed by atoms with Crippen LogP contribution >= 0.6 is 0 Å². The molecule has 4 atom stereocenters. The van der Waals surface area contributed by atoms with E-state index in [4.69, 9.17) is 21.2 Å². The molecule has 1 aromatic carbocycles. The van der Waals surface area contributed by atoms with E-state index in [-0.39, 0.29) is 18.7 Å². The molecule has 0 bridgehead atoms. The van der Waals surface area contributed by atoms with Crippen LogP contribution in [0.1, 0.15) is 84.6 Å². The number of allylic oxidation sites excluding steroid dienone is 2. The first-order valence-electron chi connectivity index (χ1n) is 14.0. The fourth-order valence-electron chi connectivity index (χ4n) is 5.04. The number of hydroxylamine groups is 1. The topological polar surface area (TPSA) is 146 Å². The molecule has 1 aliphatic heterocycles. The van der Waals surface area contributed by atoms with E-state index in [1.54, 1.807) is 6.92 Å². The molecule has 1 saturated heterocycles. The van der Waals surface area contributed by atoms with Gasteiger partial charge in [0, 0.05) is 13.0 Å². The molecule has 0 aromatic heterocycles. The quantitative estimate of drug-likeness (QED) is 0.0858. The Morgan fingerprint density at radius 3 is 2.49 bits per heavy atom. The number of rotatable bonds is 15. The van der Waals surface area contributed by atoms with Gasteiger partial charge in [-0.3, -0.25) is 19.8 Å². The molecule has 0 radical (unpaired) electrons. The number of amides is 2. The van der Waals surface area contributed by atoms with Gasteiger partial charge in [-0.05, 0) is 57.9 Å². The van der Waals surface area contributed by atoms with Crippen LogP contribution in [0.25, 0.3) is 6.08 Å². The number of hydrogen-bond acceptors (Lipinski definition) is 7. The van der Waals surface area contributed by atoms with Crippen LogP contribution < -0.4 is 22.5 Å². The fourth-order valence-corrected chi connectivity index (χ4v) is 5.04. The summed E-state index contributed by atoms with van der Waals surface area (Å²) >= 11 is 0. The lowest BCUT2D eigenvalue weighted by Gasteiger charge is -2.35. The maximum atomic E-state index is 13.7. The molecule has 0 saturated carbocycles. The van der Waals surface area contributed by atoms with Crippen molar-refractivity contribution in [2.24, 2.45) is 22.9 Å². The maximum Gasteiger partial charge on any atom is 0.251 e. The van der Waals surface area contributed by atoms with Gasteiger partial charge in [0.1, 0.15) is 5.41 Å². The zero-order chi connectivity index (χ0) is 28.8. The zero-order valence-electron chi connectivity index (χ0n) is 23.8. The van der Waals surface area contributed by atoms with Crippen molar-refractivity contribution in [3.05, 3.63) is 53.1 Å². The van der Waals surface area contributed by atoms with Crippen molar-refractivity contribution < 1.29 is 24.0 Å². The summed E-state index contributed by atoms with van der Waals surface area (Å²) in [5.74, 6) is 3.52. The van der Waals surface area contributed by atoms with Gasteiger partial charge in [-0.25, -0.2) is 16.2 Å². The summed E-state index contributed by atoms with van der Waals surface area (Å²) in [5, 5.41) is 0. The Morgan fingerprint density at radius 2 is 1.92 bits per heavy atom. The number of ketones is 1. The Morgan fingerprint density at radius 1 is 1.21 bits per heavy atom. The first-order chi connectivity index (χ1) is 18.7. The largest absolute Gasteiger partial charge is 0.350 e. The van der Waals surface area contributed by atoms with Crippen molar-refractivity contribution in [1.82, 2.24) is 10.9 Å². The highest BCUT2D eigenvalue weighted by atomic mass is 16.8. The van der Waals surface area contributed by atoms with E-state index in [9.17, 15) is 14.4 Å². The van der Waals surface area contributed by atoms with E-state index in [0.29, 0.717) is 37.9 Å². The molecule has 1 aromatic rings. The zero-order valence-corrected chi connectivity index (χ0v) is 23.8. The Balaban J connectivity index is 2.49. The highest BCUT2D eigenvalue weighted by molar-refractivity contribution is 6.08. The molecule has 2 amide bonds. The smallest absolute Gasteiger partial charge is 0.251 e. The molecule has 39 heavy (non-hydrogen) atoms. The maximum absolute atomic E-state index is 13.7. The molecule has 9 nitrogen and oxygen atoms in total. The summed E-state index contributed by atoms with van der Waals surface area (Å²) in [4.78, 5) is 46.1. The number of carbonyl (C=O) groups excluding carboxylic acids is 3. The van der Waals surface area contributed by atoms with Crippen molar-refractivity contribution in [2.75, 3.05) is 6.61 Å². The van der Waals surface area contributed by atoms with Crippen LogP contribution in [-0.2, 0) is 24.0 Å². The minimum atomic E-state index is -1.50. The molecule has 216 valence electrons. The first-order valence-corrected chi connectivity index (χ1v) is 14.0. The van der Waals surface area contributed by atoms with Crippen molar-refractivity contribution in [3.63, 3.8) is 0 Å². The van der Waals surface area contributed by atoms with Crippen LogP contribution in [0.2, 0.25) is 0 Å². The van der Waals surface area contributed by atoms with E-state index < -0.39 is 35.4 Å². The van der Waals surface area contributed by atoms with Crippen LogP contribution in [0.3, 0.4) is 0 Å². The molecular weight excluding hydrogens is 496 g/mol. The highest BCUT2D eigenvalue weighted by Gasteiger charge is 2.47. The molecule has 1 fully saturated rings. The average Bonchev–Trinajstić information content (AvgIpc) is 2.96. The van der Waals surface area contributed by atoms with Crippen LogP contribution in [-0.4, -0.2) is 36.5 Å². The second kappa shape index (κ2) is 16.3. The van der Waals surface area contributed by atoms with E-state index in [0.717, 1.165) is 24.0 Å². The van der Waals surface area contributed by atoms with Gasteiger partial charge in [0.2, 0.25) is 5.91 Å². The Labute approximate surface area is 232 Å². The monoisotopic (exact) mass is 542 g/mol. The third kappa shape index (κ3) is 9.10. The summed E-state index contributed by atoms with van der Waals surface area (Å²) < 4.78 is 5.60. The van der Waals surface area contributed by atoms with Crippen molar-refractivity contribution in [3.8, 4) is 0 Å². The number of nitrogens with two attached hydrogens (primary N) is 2. The van der Waals surface area contributed by atoms with Gasteiger partial charge in [0.25, 0.3) is 5.91 Å². The molecule has 1 heterocycles. The molecule has 9 heteroatoms. The van der Waals surface area contributed by atoms with Crippen LogP contribution in [0, 0.1) is 11.3 Å². The number of nitrogens with one attached hydrogen (secondary N) is 2. The molecule has 1 aliphatic rings. The van der Waals surface area contributed by atoms with Crippen LogP contribution in [0.5, 0.6) is 0 Å². The Bertz CT molecular complexity index is 1000. The number of hydrazine groups is 1. The Kier molecular flexibility index (Phi) is 13.5. The Hall–Kier alpha value is -2.85. The normalized spacial score (nSPS) is 19.5. The standard InChI is InChI=1S/C30H46N4O5/c1-5-18-30(29(37)33-32,27(35)22(4)31)20-25(21(3)6-2)24(16-12-15-23-13-8-7-9-14-23)28(36)34-39-26-17-10-11-19-38-26/h7-9,12-15,22,24,26H,5-6,10-11,16-20,31-32H2,1-4H3,(H,33,37)(H,34,36)/b15-12?,25-21+/t22-,24+,26?,30-/m1/s1. The number of carbonyl (C=O) groups is 3.